The van der Waals surface area contributed by atoms with E-state index in [1.807, 2.05) is 0 Å². The van der Waals surface area contributed by atoms with E-state index in [1.165, 1.54) is 0 Å². The van der Waals surface area contributed by atoms with Crippen molar-refractivity contribution in [3.63, 3.8) is 0 Å². The maximum absolute atomic E-state index is 9.69. The monoisotopic (exact) mass is 206 g/mol. The first kappa shape index (κ1) is 13.8. The van der Waals surface area contributed by atoms with E-state index in [1.54, 1.807) is 0 Å². The molecule has 0 heterocycles. The van der Waals surface area contributed by atoms with Crippen LogP contribution in [0.1, 0.15) is 32.6 Å². The van der Waals surface area contributed by atoms with Crippen LogP contribution in [0.2, 0.25) is 0 Å². The topological polar surface area (TPSA) is 69.9 Å². The fourth-order valence-electron chi connectivity index (χ4n) is 1.10. The van der Waals surface area contributed by atoms with E-state index < -0.39 is 5.60 Å². The Kier molecular flexibility index (Phi) is 8.08. The summed E-state index contributed by atoms with van der Waals surface area (Å²) in [4.78, 5) is 0. The van der Waals surface area contributed by atoms with Crippen molar-refractivity contribution in [2.24, 2.45) is 0 Å². The number of rotatable bonds is 9. The Balaban J connectivity index is 3.51. The molecule has 4 nitrogen and oxygen atoms in total. The van der Waals surface area contributed by atoms with Gasteiger partial charge in [-0.3, -0.25) is 0 Å². The molecule has 0 fully saturated rings. The molecule has 86 valence electrons. The molecule has 14 heavy (non-hydrogen) atoms. The number of hydrogen-bond acceptors (Lipinski definition) is 4. The lowest BCUT2D eigenvalue weighted by Crippen LogP contribution is -2.35. The van der Waals surface area contributed by atoms with Crippen LogP contribution in [-0.4, -0.2) is 47.3 Å². The fraction of sp³-hybridized carbons (Fsp3) is 1.00. The second-order valence-corrected chi connectivity index (χ2v) is 3.57. The predicted octanol–water partition coefficient (Wildman–Crippen LogP) is 0.299. The average Bonchev–Trinajstić information content (AvgIpc) is 2.18. The minimum Gasteiger partial charge on any atom is -0.396 e. The molecule has 0 aliphatic carbocycles. The Morgan fingerprint density at radius 2 is 1.86 bits per heavy atom. The lowest BCUT2D eigenvalue weighted by molar-refractivity contribution is -0.0546. The molecule has 0 radical (unpaired) electrons. The van der Waals surface area contributed by atoms with Crippen LogP contribution in [0.3, 0.4) is 0 Å². The van der Waals surface area contributed by atoms with Gasteiger partial charge < -0.3 is 20.1 Å². The van der Waals surface area contributed by atoms with E-state index >= 15 is 0 Å². The van der Waals surface area contributed by atoms with E-state index in [0.717, 1.165) is 12.8 Å². The smallest absolute Gasteiger partial charge is 0.0921 e. The maximum atomic E-state index is 9.69. The van der Waals surface area contributed by atoms with Crippen molar-refractivity contribution < 1.29 is 20.1 Å². The minimum atomic E-state index is -1.18. The van der Waals surface area contributed by atoms with Crippen molar-refractivity contribution >= 4 is 0 Å². The van der Waals surface area contributed by atoms with Gasteiger partial charge in [-0.15, -0.1) is 0 Å². The van der Waals surface area contributed by atoms with Crippen molar-refractivity contribution in [1.29, 1.82) is 0 Å². The van der Waals surface area contributed by atoms with Crippen molar-refractivity contribution in [2.75, 3.05) is 26.4 Å². The standard InChI is InChI=1S/C10H22O4/c1-2-3-7-14-8-5-10(13,9-12)4-6-11/h11-13H,2-9H2,1H3. The Morgan fingerprint density at radius 1 is 1.14 bits per heavy atom. The summed E-state index contributed by atoms with van der Waals surface area (Å²) in [6.07, 6.45) is 2.66. The summed E-state index contributed by atoms with van der Waals surface area (Å²) in [6.45, 7) is 2.75. The minimum absolute atomic E-state index is 0.119. The molecule has 0 bridgehead atoms. The number of unbranched alkanes of at least 4 members (excludes halogenated alkanes) is 1. The molecule has 0 aromatic heterocycles. The summed E-state index contributed by atoms with van der Waals surface area (Å²) in [6, 6.07) is 0. The zero-order valence-electron chi connectivity index (χ0n) is 8.91. The SMILES string of the molecule is CCCCOCCC(O)(CO)CCO. The van der Waals surface area contributed by atoms with Gasteiger partial charge in [-0.1, -0.05) is 13.3 Å². The molecule has 0 amide bonds. The quantitative estimate of drug-likeness (QED) is 0.474. The molecule has 0 rings (SSSR count). The zero-order chi connectivity index (χ0) is 10.9. The summed E-state index contributed by atoms with van der Waals surface area (Å²) < 4.78 is 5.27. The van der Waals surface area contributed by atoms with Crippen molar-refractivity contribution in [1.82, 2.24) is 0 Å². The third kappa shape index (κ3) is 6.32. The van der Waals surface area contributed by atoms with Crippen molar-refractivity contribution in [3.8, 4) is 0 Å². The first-order chi connectivity index (χ1) is 6.68. The highest BCUT2D eigenvalue weighted by molar-refractivity contribution is 4.76. The van der Waals surface area contributed by atoms with Crippen molar-refractivity contribution in [3.05, 3.63) is 0 Å². The van der Waals surface area contributed by atoms with E-state index in [9.17, 15) is 5.11 Å². The van der Waals surface area contributed by atoms with Crippen LogP contribution in [0.4, 0.5) is 0 Å². The lowest BCUT2D eigenvalue weighted by Gasteiger charge is -2.24. The van der Waals surface area contributed by atoms with Gasteiger partial charge in [0.2, 0.25) is 0 Å². The highest BCUT2D eigenvalue weighted by Gasteiger charge is 2.24. The largest absolute Gasteiger partial charge is 0.396 e. The highest BCUT2D eigenvalue weighted by atomic mass is 16.5. The van der Waals surface area contributed by atoms with Gasteiger partial charge in [-0.2, -0.15) is 0 Å². The van der Waals surface area contributed by atoms with Crippen LogP contribution in [0, 0.1) is 0 Å². The molecule has 1 unspecified atom stereocenters. The summed E-state index contributed by atoms with van der Waals surface area (Å²) in [5, 5.41) is 27.3. The molecule has 0 saturated heterocycles. The van der Waals surface area contributed by atoms with Crippen LogP contribution in [0.15, 0.2) is 0 Å². The van der Waals surface area contributed by atoms with Gasteiger partial charge in [0, 0.05) is 32.7 Å². The summed E-state index contributed by atoms with van der Waals surface area (Å²) in [5.74, 6) is 0. The van der Waals surface area contributed by atoms with Gasteiger partial charge in [0.05, 0.1) is 12.2 Å². The van der Waals surface area contributed by atoms with E-state index in [-0.39, 0.29) is 19.6 Å². The first-order valence-electron chi connectivity index (χ1n) is 5.20. The third-order valence-electron chi connectivity index (χ3n) is 2.23. The molecular weight excluding hydrogens is 184 g/mol. The molecule has 0 aromatic rings. The summed E-state index contributed by atoms with van der Waals surface area (Å²) >= 11 is 0. The molecule has 0 aliphatic rings. The zero-order valence-corrected chi connectivity index (χ0v) is 8.91. The maximum Gasteiger partial charge on any atom is 0.0921 e. The normalized spacial score (nSPS) is 15.4. The first-order valence-corrected chi connectivity index (χ1v) is 5.20. The second kappa shape index (κ2) is 8.17. The van der Waals surface area contributed by atoms with Crippen molar-refractivity contribution in [2.45, 2.75) is 38.2 Å². The van der Waals surface area contributed by atoms with Gasteiger partial charge in [0.15, 0.2) is 0 Å². The van der Waals surface area contributed by atoms with E-state index in [0.29, 0.717) is 19.6 Å². The van der Waals surface area contributed by atoms with Gasteiger partial charge in [0.1, 0.15) is 0 Å². The number of aliphatic hydroxyl groups is 3. The molecule has 0 aromatic carbocycles. The number of ether oxygens (including phenoxy) is 1. The van der Waals surface area contributed by atoms with Gasteiger partial charge >= 0.3 is 0 Å². The van der Waals surface area contributed by atoms with Gasteiger partial charge in [0.25, 0.3) is 0 Å². The third-order valence-corrected chi connectivity index (χ3v) is 2.23. The Labute approximate surface area is 85.5 Å². The Bertz CT molecular complexity index is 129. The number of hydrogen-bond donors (Lipinski definition) is 3. The van der Waals surface area contributed by atoms with Gasteiger partial charge in [-0.05, 0) is 6.42 Å². The molecule has 0 saturated carbocycles. The lowest BCUT2D eigenvalue weighted by atomic mass is 9.98. The van der Waals surface area contributed by atoms with Crippen LogP contribution in [0.5, 0.6) is 0 Å². The second-order valence-electron chi connectivity index (χ2n) is 3.57. The molecule has 4 heteroatoms. The average molecular weight is 206 g/mol. The molecule has 0 aliphatic heterocycles. The molecular formula is C10H22O4. The fourth-order valence-corrected chi connectivity index (χ4v) is 1.10. The molecule has 0 spiro atoms. The highest BCUT2D eigenvalue weighted by Crippen LogP contribution is 2.14. The van der Waals surface area contributed by atoms with E-state index in [2.05, 4.69) is 6.92 Å². The van der Waals surface area contributed by atoms with Gasteiger partial charge in [-0.25, -0.2) is 0 Å². The van der Waals surface area contributed by atoms with Crippen LogP contribution < -0.4 is 0 Å². The molecule has 3 N–H and O–H groups in total. The summed E-state index contributed by atoms with van der Waals surface area (Å²) in [7, 11) is 0. The van der Waals surface area contributed by atoms with Crippen LogP contribution in [0.25, 0.3) is 0 Å². The number of aliphatic hydroxyl groups excluding tert-OH is 2. The Hall–Kier alpha value is -0.160. The van der Waals surface area contributed by atoms with Crippen LogP contribution >= 0.6 is 0 Å². The summed E-state index contributed by atoms with van der Waals surface area (Å²) in [5.41, 5.74) is -1.18. The predicted molar refractivity (Wildman–Crippen MR) is 54.1 cm³/mol. The molecule has 1 atom stereocenters. The Morgan fingerprint density at radius 3 is 2.36 bits per heavy atom. The van der Waals surface area contributed by atoms with Crippen LogP contribution in [-0.2, 0) is 4.74 Å². The van der Waals surface area contributed by atoms with E-state index in [4.69, 9.17) is 14.9 Å².